The third-order valence-corrected chi connectivity index (χ3v) is 4.44. The molecule has 0 spiro atoms. The average molecular weight is 326 g/mol. The Labute approximate surface area is 132 Å². The van der Waals surface area contributed by atoms with Crippen LogP contribution >= 0.6 is 11.3 Å². The van der Waals surface area contributed by atoms with Crippen molar-refractivity contribution in [1.29, 1.82) is 0 Å². The lowest BCUT2D eigenvalue weighted by Crippen LogP contribution is -2.36. The molecule has 2 heterocycles. The number of carbonyl (C=O) groups is 3. The van der Waals surface area contributed by atoms with Crippen LogP contribution in [-0.2, 0) is 19.1 Å². The van der Waals surface area contributed by atoms with E-state index >= 15 is 0 Å². The predicted octanol–water partition coefficient (Wildman–Crippen LogP) is 1.91. The Balaban J connectivity index is 2.11. The van der Waals surface area contributed by atoms with Crippen LogP contribution in [0.3, 0.4) is 0 Å². The van der Waals surface area contributed by atoms with E-state index in [4.69, 9.17) is 9.47 Å². The quantitative estimate of drug-likeness (QED) is 0.849. The van der Waals surface area contributed by atoms with Crippen molar-refractivity contribution in [1.82, 2.24) is 4.98 Å². The minimum absolute atomic E-state index is 0.0356. The van der Waals surface area contributed by atoms with Gasteiger partial charge in [0.05, 0.1) is 24.6 Å². The molecule has 22 heavy (non-hydrogen) atoms. The van der Waals surface area contributed by atoms with Gasteiger partial charge in [0.15, 0.2) is 5.13 Å². The van der Waals surface area contributed by atoms with Gasteiger partial charge in [0.1, 0.15) is 10.5 Å². The Morgan fingerprint density at radius 3 is 2.73 bits per heavy atom. The Bertz CT molecular complexity index is 623. The van der Waals surface area contributed by atoms with Crippen molar-refractivity contribution in [2.24, 2.45) is 5.92 Å². The molecule has 0 aromatic carbocycles. The second-order valence-corrected chi connectivity index (χ2v) is 6.48. The maximum absolute atomic E-state index is 12.3. The summed E-state index contributed by atoms with van der Waals surface area (Å²) in [6.45, 7) is 7.05. The molecule has 1 aromatic heterocycles. The van der Waals surface area contributed by atoms with Crippen molar-refractivity contribution in [3.8, 4) is 0 Å². The van der Waals surface area contributed by atoms with Crippen molar-refractivity contribution in [2.45, 2.75) is 39.7 Å². The van der Waals surface area contributed by atoms with Gasteiger partial charge >= 0.3 is 11.9 Å². The minimum atomic E-state index is -0.850. The van der Waals surface area contributed by atoms with E-state index in [0.717, 1.165) is 11.3 Å². The first-order valence-corrected chi connectivity index (χ1v) is 7.73. The molecule has 1 N–H and O–H groups in total. The largest absolute Gasteiger partial charge is 0.462 e. The highest BCUT2D eigenvalue weighted by molar-refractivity contribution is 7.17. The first-order chi connectivity index (χ1) is 10.2. The number of anilines is 1. The van der Waals surface area contributed by atoms with Crippen LogP contribution in [0.4, 0.5) is 5.13 Å². The molecule has 0 bridgehead atoms. The first-order valence-electron chi connectivity index (χ1n) is 6.92. The summed E-state index contributed by atoms with van der Waals surface area (Å²) in [5, 5.41) is 2.95. The average Bonchev–Trinajstić information content (AvgIpc) is 2.88. The van der Waals surface area contributed by atoms with Gasteiger partial charge in [-0.2, -0.15) is 0 Å². The van der Waals surface area contributed by atoms with E-state index in [1.54, 1.807) is 27.7 Å². The molecular weight excluding hydrogens is 308 g/mol. The molecule has 8 heteroatoms. The number of amides is 1. The van der Waals surface area contributed by atoms with Gasteiger partial charge in [0, 0.05) is 0 Å². The van der Waals surface area contributed by atoms with Gasteiger partial charge in [0.2, 0.25) is 5.91 Å². The summed E-state index contributed by atoms with van der Waals surface area (Å²) >= 11 is 1.05. The number of nitrogens with zero attached hydrogens (tertiary/aromatic N) is 1. The molecule has 0 aliphatic carbocycles. The van der Waals surface area contributed by atoms with Crippen molar-refractivity contribution >= 4 is 34.3 Å². The van der Waals surface area contributed by atoms with Crippen LogP contribution in [0.25, 0.3) is 0 Å². The summed E-state index contributed by atoms with van der Waals surface area (Å²) in [4.78, 5) is 39.9. The van der Waals surface area contributed by atoms with E-state index in [2.05, 4.69) is 10.3 Å². The van der Waals surface area contributed by atoms with E-state index in [1.807, 2.05) is 0 Å². The molecule has 0 saturated carbocycles. The smallest absolute Gasteiger partial charge is 0.350 e. The zero-order valence-electron chi connectivity index (χ0n) is 12.9. The Kier molecular flexibility index (Phi) is 4.50. The minimum Gasteiger partial charge on any atom is -0.462 e. The molecule has 7 nitrogen and oxygen atoms in total. The summed E-state index contributed by atoms with van der Waals surface area (Å²) in [5.74, 6) is -1.79. The van der Waals surface area contributed by atoms with Crippen LogP contribution in [0.1, 0.15) is 42.6 Å². The Morgan fingerprint density at radius 2 is 2.18 bits per heavy atom. The van der Waals surface area contributed by atoms with Gasteiger partial charge in [-0.3, -0.25) is 9.59 Å². The first kappa shape index (κ1) is 16.4. The third-order valence-electron chi connectivity index (χ3n) is 3.39. The highest BCUT2D eigenvalue weighted by Gasteiger charge is 2.46. The Hall–Kier alpha value is -1.96. The van der Waals surface area contributed by atoms with Crippen molar-refractivity contribution in [2.75, 3.05) is 11.9 Å². The monoisotopic (exact) mass is 326 g/mol. The fourth-order valence-electron chi connectivity index (χ4n) is 2.26. The van der Waals surface area contributed by atoms with Gasteiger partial charge < -0.3 is 14.8 Å². The lowest BCUT2D eigenvalue weighted by atomic mass is 9.90. The zero-order valence-corrected chi connectivity index (χ0v) is 13.7. The third kappa shape index (κ3) is 3.27. The standard InChI is InChI=1S/C14H18N2O5S/c1-5-20-12(19)10-7(2)15-13(22-10)16-11(18)8-6-9(17)21-14(8,3)4/h8H,5-6H2,1-4H3,(H,15,16,18)/t8-/m0/s1. The fourth-order valence-corrected chi connectivity index (χ4v) is 3.12. The second-order valence-electron chi connectivity index (χ2n) is 5.48. The number of carbonyl (C=O) groups excluding carboxylic acids is 3. The number of aryl methyl sites for hydroxylation is 1. The van der Waals surface area contributed by atoms with Crippen LogP contribution in [-0.4, -0.2) is 35.0 Å². The topological polar surface area (TPSA) is 94.6 Å². The van der Waals surface area contributed by atoms with E-state index in [1.165, 1.54) is 0 Å². The molecule has 1 aromatic rings. The molecule has 120 valence electrons. The highest BCUT2D eigenvalue weighted by atomic mass is 32.1. The maximum Gasteiger partial charge on any atom is 0.350 e. The lowest BCUT2D eigenvalue weighted by Gasteiger charge is -2.23. The van der Waals surface area contributed by atoms with Crippen LogP contribution in [0.5, 0.6) is 0 Å². The zero-order chi connectivity index (χ0) is 16.5. The number of hydrogen-bond donors (Lipinski definition) is 1. The highest BCUT2D eigenvalue weighted by Crippen LogP contribution is 2.34. The maximum atomic E-state index is 12.3. The summed E-state index contributed by atoms with van der Waals surface area (Å²) < 4.78 is 10.1. The van der Waals surface area contributed by atoms with E-state index < -0.39 is 23.5 Å². The van der Waals surface area contributed by atoms with Crippen molar-refractivity contribution in [3.63, 3.8) is 0 Å². The van der Waals surface area contributed by atoms with Gasteiger partial charge in [0.25, 0.3) is 0 Å². The number of rotatable bonds is 4. The van der Waals surface area contributed by atoms with Crippen LogP contribution in [0.2, 0.25) is 0 Å². The SMILES string of the molecule is CCOC(=O)c1sc(NC(=O)[C@@H]2CC(=O)OC2(C)C)nc1C. The molecule has 1 aliphatic heterocycles. The van der Waals surface area contributed by atoms with Crippen molar-refractivity contribution in [3.05, 3.63) is 10.6 Å². The van der Waals surface area contributed by atoms with Gasteiger partial charge in [-0.15, -0.1) is 0 Å². The molecule has 1 fully saturated rings. The number of cyclic esters (lactones) is 1. The molecule has 0 unspecified atom stereocenters. The number of nitrogens with one attached hydrogen (secondary N) is 1. The summed E-state index contributed by atoms with van der Waals surface area (Å²) in [5.41, 5.74) is -0.353. The van der Waals surface area contributed by atoms with Gasteiger partial charge in [-0.25, -0.2) is 9.78 Å². The molecule has 1 aliphatic rings. The number of thiazole rings is 1. The number of ether oxygens (including phenoxy) is 2. The predicted molar refractivity (Wildman–Crippen MR) is 79.7 cm³/mol. The van der Waals surface area contributed by atoms with Crippen LogP contribution < -0.4 is 5.32 Å². The van der Waals surface area contributed by atoms with Crippen LogP contribution in [0, 0.1) is 12.8 Å². The number of aromatic nitrogens is 1. The van der Waals surface area contributed by atoms with Gasteiger partial charge in [-0.1, -0.05) is 11.3 Å². The summed E-state index contributed by atoms with van der Waals surface area (Å²) in [7, 11) is 0. The summed E-state index contributed by atoms with van der Waals surface area (Å²) in [6, 6.07) is 0. The molecule has 0 radical (unpaired) electrons. The van der Waals surface area contributed by atoms with Crippen molar-refractivity contribution < 1.29 is 23.9 Å². The lowest BCUT2D eigenvalue weighted by molar-refractivity contribution is -0.147. The summed E-state index contributed by atoms with van der Waals surface area (Å²) in [6.07, 6.45) is 0.0356. The second kappa shape index (κ2) is 6.04. The van der Waals surface area contributed by atoms with Crippen LogP contribution in [0.15, 0.2) is 0 Å². The molecular formula is C14H18N2O5S. The molecule has 1 saturated heterocycles. The molecule has 1 amide bonds. The van der Waals surface area contributed by atoms with E-state index in [9.17, 15) is 14.4 Å². The van der Waals surface area contributed by atoms with E-state index in [-0.39, 0.29) is 18.9 Å². The Morgan fingerprint density at radius 1 is 1.50 bits per heavy atom. The fraction of sp³-hybridized carbons (Fsp3) is 0.571. The number of esters is 2. The van der Waals surface area contributed by atoms with Gasteiger partial charge in [-0.05, 0) is 27.7 Å². The number of hydrogen-bond acceptors (Lipinski definition) is 7. The normalized spacial score (nSPS) is 19.6. The molecule has 2 rings (SSSR count). The molecule has 1 atom stereocenters. The van der Waals surface area contributed by atoms with E-state index in [0.29, 0.717) is 15.7 Å².